The number of benzene rings is 1. The summed E-state index contributed by atoms with van der Waals surface area (Å²) in [5.74, 6) is 0.701. The number of ether oxygens (including phenoxy) is 1. The van der Waals surface area contributed by atoms with Crippen molar-refractivity contribution in [1.29, 1.82) is 0 Å². The van der Waals surface area contributed by atoms with Gasteiger partial charge >= 0.3 is 0 Å². The third-order valence-electron chi connectivity index (χ3n) is 3.68. The molecule has 0 bridgehead atoms. The maximum Gasteiger partial charge on any atom is 0.239 e. The number of fused-ring (bicyclic) bond motifs is 1. The van der Waals surface area contributed by atoms with Gasteiger partial charge in [0.15, 0.2) is 5.96 Å². The first-order valence-corrected chi connectivity index (χ1v) is 7.52. The first-order chi connectivity index (χ1) is 10.7. The Hall–Kier alpha value is -1.35. The van der Waals surface area contributed by atoms with Crippen LogP contribution in [0.25, 0.3) is 0 Å². The predicted octanol–water partition coefficient (Wildman–Crippen LogP) is 1.00. The molecule has 6 nitrogen and oxygen atoms in total. The lowest BCUT2D eigenvalue weighted by Crippen LogP contribution is -2.47. The van der Waals surface area contributed by atoms with E-state index in [1.807, 2.05) is 0 Å². The van der Waals surface area contributed by atoms with E-state index in [0.29, 0.717) is 13.2 Å². The number of carbonyl (C=O) groups is 1. The molecule has 0 radical (unpaired) electrons. The summed E-state index contributed by atoms with van der Waals surface area (Å²) >= 11 is 0. The van der Waals surface area contributed by atoms with Crippen molar-refractivity contribution >= 4 is 35.8 Å². The molecule has 1 aromatic carbocycles. The van der Waals surface area contributed by atoms with Gasteiger partial charge in [0.25, 0.3) is 0 Å². The summed E-state index contributed by atoms with van der Waals surface area (Å²) in [6.07, 6.45) is 0.997. The fraction of sp³-hybridized carbons (Fsp3) is 0.500. The maximum atomic E-state index is 11.7. The summed E-state index contributed by atoms with van der Waals surface area (Å²) in [7, 11) is 3.35. The van der Waals surface area contributed by atoms with Crippen molar-refractivity contribution in [3.63, 3.8) is 0 Å². The van der Waals surface area contributed by atoms with Gasteiger partial charge in [-0.1, -0.05) is 24.3 Å². The van der Waals surface area contributed by atoms with E-state index in [1.165, 1.54) is 11.1 Å². The van der Waals surface area contributed by atoms with Crippen molar-refractivity contribution in [2.75, 3.05) is 40.4 Å². The van der Waals surface area contributed by atoms with Crippen molar-refractivity contribution < 1.29 is 9.53 Å². The number of aliphatic imine (C=N–C) groups is 1. The van der Waals surface area contributed by atoms with Crippen LogP contribution >= 0.6 is 24.0 Å². The Labute approximate surface area is 154 Å². The number of methoxy groups -OCH3 is 1. The third-order valence-corrected chi connectivity index (χ3v) is 3.68. The quantitative estimate of drug-likeness (QED) is 0.316. The van der Waals surface area contributed by atoms with Gasteiger partial charge in [-0.3, -0.25) is 9.79 Å². The van der Waals surface area contributed by atoms with Crippen LogP contribution in [0.3, 0.4) is 0 Å². The van der Waals surface area contributed by atoms with Crippen molar-refractivity contribution in [1.82, 2.24) is 15.5 Å². The lowest BCUT2D eigenvalue weighted by molar-refractivity contribution is -0.120. The number of hydrogen-bond donors (Lipinski definition) is 2. The summed E-state index contributed by atoms with van der Waals surface area (Å²) < 4.78 is 4.90. The average molecular weight is 432 g/mol. The minimum atomic E-state index is -0.0596. The van der Waals surface area contributed by atoms with Gasteiger partial charge in [-0.25, -0.2) is 0 Å². The molecule has 128 valence electrons. The highest BCUT2D eigenvalue weighted by atomic mass is 127. The van der Waals surface area contributed by atoms with E-state index in [0.717, 1.165) is 25.5 Å². The Morgan fingerprint density at radius 1 is 1.30 bits per heavy atom. The van der Waals surface area contributed by atoms with Crippen molar-refractivity contribution in [3.8, 4) is 0 Å². The largest absolute Gasteiger partial charge is 0.383 e. The molecule has 1 aliphatic heterocycles. The summed E-state index contributed by atoms with van der Waals surface area (Å²) in [5.41, 5.74) is 2.72. The van der Waals surface area contributed by atoms with Crippen LogP contribution < -0.4 is 10.6 Å². The molecule has 1 amide bonds. The third kappa shape index (κ3) is 5.98. The molecule has 2 N–H and O–H groups in total. The Kier molecular flexibility index (Phi) is 8.93. The van der Waals surface area contributed by atoms with E-state index in [9.17, 15) is 4.79 Å². The van der Waals surface area contributed by atoms with Crippen LogP contribution in [0.5, 0.6) is 0 Å². The number of hydrogen-bond acceptors (Lipinski definition) is 3. The fourth-order valence-corrected chi connectivity index (χ4v) is 2.52. The van der Waals surface area contributed by atoms with Gasteiger partial charge in [-0.05, 0) is 17.5 Å². The molecule has 0 aromatic heterocycles. The fourth-order valence-electron chi connectivity index (χ4n) is 2.52. The van der Waals surface area contributed by atoms with E-state index >= 15 is 0 Å². The van der Waals surface area contributed by atoms with Crippen LogP contribution in [0.4, 0.5) is 0 Å². The van der Waals surface area contributed by atoms with E-state index in [1.54, 1.807) is 14.2 Å². The highest BCUT2D eigenvalue weighted by Crippen LogP contribution is 2.18. The number of carbonyl (C=O) groups excluding carboxylic acids is 1. The molecule has 0 unspecified atom stereocenters. The van der Waals surface area contributed by atoms with Crippen molar-refractivity contribution in [3.05, 3.63) is 35.4 Å². The van der Waals surface area contributed by atoms with Gasteiger partial charge in [0.1, 0.15) is 0 Å². The highest BCUT2D eigenvalue weighted by molar-refractivity contribution is 14.0. The normalized spacial score (nSPS) is 13.8. The molecule has 0 spiro atoms. The molecule has 0 saturated heterocycles. The van der Waals surface area contributed by atoms with Gasteiger partial charge < -0.3 is 20.3 Å². The lowest BCUT2D eigenvalue weighted by atomic mass is 10.0. The maximum absolute atomic E-state index is 11.7. The summed E-state index contributed by atoms with van der Waals surface area (Å²) in [6, 6.07) is 8.45. The number of nitrogens with zero attached hydrogens (tertiary/aromatic N) is 2. The van der Waals surface area contributed by atoms with Crippen molar-refractivity contribution in [2.45, 2.75) is 13.0 Å². The molecule has 0 atom stereocenters. The van der Waals surface area contributed by atoms with Gasteiger partial charge in [0.2, 0.25) is 5.91 Å². The minimum absolute atomic E-state index is 0. The number of halogens is 1. The molecule has 0 saturated carbocycles. The monoisotopic (exact) mass is 432 g/mol. The minimum Gasteiger partial charge on any atom is -0.383 e. The number of amides is 1. The van der Waals surface area contributed by atoms with Gasteiger partial charge in [-0.15, -0.1) is 24.0 Å². The number of guanidine groups is 1. The van der Waals surface area contributed by atoms with Crippen molar-refractivity contribution in [2.24, 2.45) is 4.99 Å². The molecule has 1 heterocycles. The second-order valence-electron chi connectivity index (χ2n) is 5.18. The van der Waals surface area contributed by atoms with Crippen LogP contribution in [0, 0.1) is 0 Å². The van der Waals surface area contributed by atoms with Crippen LogP contribution in [-0.4, -0.2) is 57.2 Å². The van der Waals surface area contributed by atoms with Crippen LogP contribution in [-0.2, 0) is 22.5 Å². The van der Waals surface area contributed by atoms with E-state index in [-0.39, 0.29) is 36.4 Å². The molecule has 1 aliphatic rings. The number of rotatable bonds is 5. The van der Waals surface area contributed by atoms with Crippen LogP contribution in [0.2, 0.25) is 0 Å². The van der Waals surface area contributed by atoms with Gasteiger partial charge in [0, 0.05) is 33.8 Å². The average Bonchev–Trinajstić information content (AvgIpc) is 2.55. The molecule has 0 fully saturated rings. The smallest absolute Gasteiger partial charge is 0.239 e. The Balaban J connectivity index is 0.00000264. The zero-order valence-electron chi connectivity index (χ0n) is 13.7. The summed E-state index contributed by atoms with van der Waals surface area (Å²) in [5, 5.41) is 5.90. The predicted molar refractivity (Wildman–Crippen MR) is 102 cm³/mol. The second-order valence-corrected chi connectivity index (χ2v) is 5.18. The second kappa shape index (κ2) is 10.4. The van der Waals surface area contributed by atoms with E-state index in [4.69, 9.17) is 4.74 Å². The molecule has 23 heavy (non-hydrogen) atoms. The number of nitrogens with one attached hydrogen (secondary N) is 2. The first-order valence-electron chi connectivity index (χ1n) is 7.52. The zero-order valence-corrected chi connectivity index (χ0v) is 16.0. The molecule has 7 heteroatoms. The molecule has 0 aliphatic carbocycles. The summed E-state index contributed by atoms with van der Waals surface area (Å²) in [6.45, 7) is 2.98. The standard InChI is InChI=1S/C16H24N4O2.HI/c1-17-16(19-11-15(21)18-8-10-22-2)20-9-7-13-5-3-4-6-14(13)12-20;/h3-6H,7-12H2,1-2H3,(H,17,19)(H,18,21);1H. The summed E-state index contributed by atoms with van der Waals surface area (Å²) in [4.78, 5) is 18.2. The molecule has 2 rings (SSSR count). The molecular weight excluding hydrogens is 407 g/mol. The molecule has 1 aromatic rings. The van der Waals surface area contributed by atoms with E-state index < -0.39 is 0 Å². The lowest BCUT2D eigenvalue weighted by Gasteiger charge is -2.31. The van der Waals surface area contributed by atoms with E-state index in [2.05, 4.69) is 44.8 Å². The van der Waals surface area contributed by atoms with Crippen LogP contribution in [0.1, 0.15) is 11.1 Å². The van der Waals surface area contributed by atoms with Crippen LogP contribution in [0.15, 0.2) is 29.3 Å². The zero-order chi connectivity index (χ0) is 15.8. The Morgan fingerprint density at radius 2 is 2.04 bits per heavy atom. The van der Waals surface area contributed by atoms with Gasteiger partial charge in [0.05, 0.1) is 13.2 Å². The Morgan fingerprint density at radius 3 is 2.74 bits per heavy atom. The first kappa shape index (κ1) is 19.7. The topological polar surface area (TPSA) is 66.0 Å². The Bertz CT molecular complexity index is 537. The molecular formula is C16H25IN4O2. The van der Waals surface area contributed by atoms with Gasteiger partial charge in [-0.2, -0.15) is 0 Å². The SMILES string of the molecule is CN=C(NCC(=O)NCCOC)N1CCc2ccccc2C1.I. The highest BCUT2D eigenvalue weighted by Gasteiger charge is 2.18.